The van der Waals surface area contributed by atoms with Gasteiger partial charge < -0.3 is 5.73 Å². The first-order chi connectivity index (χ1) is 6.22. The highest BCUT2D eigenvalue weighted by molar-refractivity contribution is 5.29. The van der Waals surface area contributed by atoms with E-state index in [1.807, 2.05) is 13.0 Å². The molecule has 2 heteroatoms. The summed E-state index contributed by atoms with van der Waals surface area (Å²) in [7, 11) is 0. The second-order valence-electron chi connectivity index (χ2n) is 3.48. The maximum Gasteiger partial charge on any atom is 0.0234 e. The lowest BCUT2D eigenvalue weighted by atomic mass is 10.1. The van der Waals surface area contributed by atoms with E-state index in [1.54, 1.807) is 0 Å². The first-order valence-electron chi connectivity index (χ1n) is 4.67. The monoisotopic (exact) mass is 178 g/mol. The maximum atomic E-state index is 5.40. The lowest BCUT2D eigenvalue weighted by molar-refractivity contribution is 0.616. The highest BCUT2D eigenvalue weighted by Gasteiger charge is 2.16. The van der Waals surface area contributed by atoms with Gasteiger partial charge in [-0.05, 0) is 12.5 Å². The van der Waals surface area contributed by atoms with Crippen molar-refractivity contribution in [3.05, 3.63) is 36.0 Å². The maximum absolute atomic E-state index is 5.40. The third-order valence-electron chi connectivity index (χ3n) is 1.85. The van der Waals surface area contributed by atoms with E-state index in [-0.39, 0.29) is 0 Å². The van der Waals surface area contributed by atoms with Gasteiger partial charge in [0.05, 0.1) is 0 Å². The van der Waals surface area contributed by atoms with Gasteiger partial charge in [0.15, 0.2) is 0 Å². The zero-order chi connectivity index (χ0) is 9.68. The number of hydrogen-bond donors (Lipinski definition) is 1. The van der Waals surface area contributed by atoms with Crippen molar-refractivity contribution in [2.24, 2.45) is 5.73 Å². The number of nitrogens with two attached hydrogens (primary N) is 1. The van der Waals surface area contributed by atoms with Gasteiger partial charge in [-0.2, -0.15) is 0 Å². The summed E-state index contributed by atoms with van der Waals surface area (Å²) in [6.45, 7) is 9.97. The van der Waals surface area contributed by atoms with Gasteiger partial charge in [-0.25, -0.2) is 0 Å². The number of nitrogens with zero attached hydrogens (tertiary/aromatic N) is 1. The molecule has 1 heterocycles. The van der Waals surface area contributed by atoms with Gasteiger partial charge in [0, 0.05) is 26.2 Å². The zero-order valence-electron chi connectivity index (χ0n) is 8.29. The third kappa shape index (κ3) is 4.65. The second-order valence-corrected chi connectivity index (χ2v) is 3.48. The molecule has 2 N–H and O–H groups in total. The van der Waals surface area contributed by atoms with Crippen LogP contribution in [0, 0.1) is 0 Å². The third-order valence-corrected chi connectivity index (χ3v) is 1.85. The predicted octanol–water partition coefficient (Wildman–Crippen LogP) is 1.32. The summed E-state index contributed by atoms with van der Waals surface area (Å²) in [5.41, 5.74) is 7.80. The predicted molar refractivity (Wildman–Crippen MR) is 57.5 cm³/mol. The molecule has 13 heavy (non-hydrogen) atoms. The summed E-state index contributed by atoms with van der Waals surface area (Å²) in [5.74, 6) is 0. The van der Waals surface area contributed by atoms with E-state index in [9.17, 15) is 0 Å². The van der Waals surface area contributed by atoms with Crippen LogP contribution in [0.15, 0.2) is 36.0 Å². The lowest BCUT2D eigenvalue weighted by Gasteiger charge is -2.02. The molecule has 1 fully saturated rings. The molecule has 72 valence electrons. The minimum absolute atomic E-state index is 0.605. The van der Waals surface area contributed by atoms with Crippen LogP contribution in [-0.4, -0.2) is 31.1 Å². The topological polar surface area (TPSA) is 29.0 Å². The molecular formula is C11H18N2. The summed E-state index contributed by atoms with van der Waals surface area (Å²) in [6, 6.07) is 0. The second kappa shape index (κ2) is 5.00. The van der Waals surface area contributed by atoms with Crippen LogP contribution in [0.5, 0.6) is 0 Å². The molecule has 0 bridgehead atoms. The van der Waals surface area contributed by atoms with Crippen molar-refractivity contribution >= 4 is 0 Å². The van der Waals surface area contributed by atoms with Crippen LogP contribution in [0.2, 0.25) is 0 Å². The van der Waals surface area contributed by atoms with Crippen LogP contribution in [0.1, 0.15) is 6.92 Å². The molecule has 0 saturated carbocycles. The first-order valence-corrected chi connectivity index (χ1v) is 4.67. The van der Waals surface area contributed by atoms with Crippen LogP contribution in [-0.2, 0) is 0 Å². The van der Waals surface area contributed by atoms with E-state index in [4.69, 9.17) is 5.73 Å². The van der Waals surface area contributed by atoms with Crippen LogP contribution in [0.25, 0.3) is 0 Å². The molecule has 0 unspecified atom stereocenters. The Labute approximate surface area is 80.4 Å². The van der Waals surface area contributed by atoms with Gasteiger partial charge in [-0.1, -0.05) is 30.4 Å². The zero-order valence-corrected chi connectivity index (χ0v) is 8.29. The molecule has 2 nitrogen and oxygen atoms in total. The first kappa shape index (κ1) is 10.2. The van der Waals surface area contributed by atoms with Gasteiger partial charge in [0.2, 0.25) is 0 Å². The van der Waals surface area contributed by atoms with Crippen LogP contribution in [0.3, 0.4) is 0 Å². The van der Waals surface area contributed by atoms with E-state index in [0.717, 1.165) is 12.1 Å². The van der Waals surface area contributed by atoms with Crippen molar-refractivity contribution in [3.8, 4) is 0 Å². The SMILES string of the molecule is C=C(C)/C=C(\C=C/CN)CN1CC1. The standard InChI is InChI=1S/C11H18N2/c1-10(2)8-11(4-3-5-12)9-13-6-7-13/h3-4,8H,1,5-7,9,12H2,2H3/b4-3-,11-8+. The molecule has 0 amide bonds. The van der Waals surface area contributed by atoms with Gasteiger partial charge >= 0.3 is 0 Å². The summed E-state index contributed by atoms with van der Waals surface area (Å²) >= 11 is 0. The van der Waals surface area contributed by atoms with Crippen molar-refractivity contribution in [2.45, 2.75) is 6.92 Å². The molecule has 0 spiro atoms. The molecule has 1 aliphatic rings. The summed E-state index contributed by atoms with van der Waals surface area (Å²) in [4.78, 5) is 2.37. The molecule has 0 aliphatic carbocycles. The number of rotatable bonds is 5. The van der Waals surface area contributed by atoms with Gasteiger partial charge in [0.1, 0.15) is 0 Å². The Hall–Kier alpha value is -0.860. The smallest absolute Gasteiger partial charge is 0.0234 e. The number of hydrogen-bond acceptors (Lipinski definition) is 2. The normalized spacial score (nSPS) is 18.2. The minimum Gasteiger partial charge on any atom is -0.327 e. The van der Waals surface area contributed by atoms with Crippen molar-refractivity contribution in [1.29, 1.82) is 0 Å². The fourth-order valence-corrected chi connectivity index (χ4v) is 1.17. The molecule has 0 aromatic heterocycles. The molecule has 1 rings (SSSR count). The van der Waals surface area contributed by atoms with E-state index >= 15 is 0 Å². The average molecular weight is 178 g/mol. The van der Waals surface area contributed by atoms with Gasteiger partial charge in [0.25, 0.3) is 0 Å². The van der Waals surface area contributed by atoms with Crippen molar-refractivity contribution in [2.75, 3.05) is 26.2 Å². The minimum atomic E-state index is 0.605. The van der Waals surface area contributed by atoms with Gasteiger partial charge in [-0.15, -0.1) is 0 Å². The summed E-state index contributed by atoms with van der Waals surface area (Å²) < 4.78 is 0. The summed E-state index contributed by atoms with van der Waals surface area (Å²) in [6.07, 6.45) is 6.19. The Morgan fingerprint density at radius 1 is 1.54 bits per heavy atom. The Bertz CT molecular complexity index is 234. The van der Waals surface area contributed by atoms with Crippen molar-refractivity contribution in [3.63, 3.8) is 0 Å². The molecule has 0 aromatic rings. The van der Waals surface area contributed by atoms with Crippen LogP contribution >= 0.6 is 0 Å². The fraction of sp³-hybridized carbons (Fsp3) is 0.455. The fourth-order valence-electron chi connectivity index (χ4n) is 1.17. The van der Waals surface area contributed by atoms with E-state index in [1.165, 1.54) is 18.7 Å². The van der Waals surface area contributed by atoms with E-state index in [0.29, 0.717) is 6.54 Å². The summed E-state index contributed by atoms with van der Waals surface area (Å²) in [5, 5.41) is 0. The molecule has 0 atom stereocenters. The van der Waals surface area contributed by atoms with E-state index in [2.05, 4.69) is 23.6 Å². The van der Waals surface area contributed by atoms with Crippen molar-refractivity contribution < 1.29 is 0 Å². The van der Waals surface area contributed by atoms with Crippen LogP contribution < -0.4 is 5.73 Å². The lowest BCUT2D eigenvalue weighted by Crippen LogP contribution is -2.02. The average Bonchev–Trinajstić information content (AvgIpc) is 2.83. The molecule has 0 radical (unpaired) electrons. The number of allylic oxidation sites excluding steroid dienone is 2. The highest BCUT2D eigenvalue weighted by atomic mass is 15.2. The Morgan fingerprint density at radius 3 is 2.69 bits per heavy atom. The van der Waals surface area contributed by atoms with Crippen LogP contribution in [0.4, 0.5) is 0 Å². The van der Waals surface area contributed by atoms with E-state index < -0.39 is 0 Å². The quantitative estimate of drug-likeness (QED) is 0.508. The molecular weight excluding hydrogens is 160 g/mol. The Balaban J connectivity index is 2.51. The van der Waals surface area contributed by atoms with Crippen molar-refractivity contribution in [1.82, 2.24) is 4.90 Å². The highest BCUT2D eigenvalue weighted by Crippen LogP contribution is 2.10. The Kier molecular flexibility index (Phi) is 3.93. The largest absolute Gasteiger partial charge is 0.327 e. The molecule has 1 aliphatic heterocycles. The van der Waals surface area contributed by atoms with Gasteiger partial charge in [-0.3, -0.25) is 4.90 Å². The molecule has 0 aromatic carbocycles. The Morgan fingerprint density at radius 2 is 2.23 bits per heavy atom. The molecule has 1 saturated heterocycles.